The van der Waals surface area contributed by atoms with Gasteiger partial charge in [0, 0.05) is 31.9 Å². The Balaban J connectivity index is 1.75. The number of likely N-dealkylation sites (tertiary alicyclic amines) is 1. The molecule has 3 rings (SSSR count). The lowest BCUT2D eigenvalue weighted by Gasteiger charge is -2.41. The molecule has 7 heteroatoms. The van der Waals surface area contributed by atoms with Crippen LogP contribution in [0, 0.1) is 6.92 Å². The first-order chi connectivity index (χ1) is 13.0. The number of carbonyl (C=O) groups excluding carboxylic acids is 2. The zero-order valence-electron chi connectivity index (χ0n) is 15.9. The van der Waals surface area contributed by atoms with E-state index in [1.807, 2.05) is 47.5 Å². The molecule has 0 spiro atoms. The summed E-state index contributed by atoms with van der Waals surface area (Å²) in [5, 5.41) is 8.15. The van der Waals surface area contributed by atoms with Crippen molar-refractivity contribution >= 4 is 28.8 Å². The Bertz CT molecular complexity index is 825. The number of anilines is 1. The molecule has 1 aromatic carbocycles. The second-order valence-corrected chi connectivity index (χ2v) is 7.71. The van der Waals surface area contributed by atoms with E-state index in [0.717, 1.165) is 21.9 Å². The standard InChI is InChI=1S/C20H25N3O3S/c1-14-11-17(27-13-14)18(24)23-9-7-20(8-10-23,19(25)21-2)22-15-5-4-6-16(12-15)26-3/h4-6,11-13,22H,7-10H2,1-3H3,(H,21,25). The highest BCUT2D eigenvalue weighted by atomic mass is 32.1. The molecule has 0 saturated carbocycles. The van der Waals surface area contributed by atoms with Crippen molar-refractivity contribution in [2.75, 3.05) is 32.6 Å². The molecule has 0 bridgehead atoms. The molecule has 0 radical (unpaired) electrons. The molecule has 0 aliphatic carbocycles. The molecule has 1 saturated heterocycles. The molecule has 6 nitrogen and oxygen atoms in total. The Morgan fingerprint density at radius 3 is 2.56 bits per heavy atom. The van der Waals surface area contributed by atoms with Crippen molar-refractivity contribution in [1.82, 2.24) is 10.2 Å². The molecule has 27 heavy (non-hydrogen) atoms. The average Bonchev–Trinajstić information content (AvgIpc) is 3.13. The molecule has 2 heterocycles. The Morgan fingerprint density at radius 1 is 1.22 bits per heavy atom. The second kappa shape index (κ2) is 8.00. The van der Waals surface area contributed by atoms with E-state index in [1.54, 1.807) is 14.2 Å². The topological polar surface area (TPSA) is 70.7 Å². The third kappa shape index (κ3) is 4.08. The SMILES string of the molecule is CNC(=O)C1(Nc2cccc(OC)c2)CCN(C(=O)c2cc(C)cs2)CC1. The van der Waals surface area contributed by atoms with E-state index in [9.17, 15) is 9.59 Å². The van der Waals surface area contributed by atoms with Gasteiger partial charge in [-0.05, 0) is 48.9 Å². The highest BCUT2D eigenvalue weighted by molar-refractivity contribution is 7.12. The number of thiophene rings is 1. The second-order valence-electron chi connectivity index (χ2n) is 6.80. The molecular weight excluding hydrogens is 362 g/mol. The normalized spacial score (nSPS) is 15.9. The molecule has 2 N–H and O–H groups in total. The lowest BCUT2D eigenvalue weighted by atomic mass is 9.86. The lowest BCUT2D eigenvalue weighted by molar-refractivity contribution is -0.126. The van der Waals surface area contributed by atoms with Gasteiger partial charge >= 0.3 is 0 Å². The van der Waals surface area contributed by atoms with Gasteiger partial charge in [0.25, 0.3) is 5.91 Å². The van der Waals surface area contributed by atoms with Crippen molar-refractivity contribution in [2.24, 2.45) is 0 Å². The van der Waals surface area contributed by atoms with Gasteiger partial charge in [-0.3, -0.25) is 9.59 Å². The number of methoxy groups -OCH3 is 1. The zero-order valence-corrected chi connectivity index (χ0v) is 16.7. The summed E-state index contributed by atoms with van der Waals surface area (Å²) in [4.78, 5) is 28.0. The van der Waals surface area contributed by atoms with E-state index < -0.39 is 5.54 Å². The van der Waals surface area contributed by atoms with Crippen LogP contribution in [0.2, 0.25) is 0 Å². The maximum atomic E-state index is 12.7. The van der Waals surface area contributed by atoms with Crippen molar-refractivity contribution in [3.8, 4) is 5.75 Å². The van der Waals surface area contributed by atoms with Gasteiger partial charge < -0.3 is 20.3 Å². The van der Waals surface area contributed by atoms with Crippen LogP contribution in [0.3, 0.4) is 0 Å². The summed E-state index contributed by atoms with van der Waals surface area (Å²) in [5.74, 6) is 0.706. The highest BCUT2D eigenvalue weighted by Crippen LogP contribution is 2.30. The molecule has 144 valence electrons. The van der Waals surface area contributed by atoms with Crippen molar-refractivity contribution in [3.63, 3.8) is 0 Å². The Kier molecular flexibility index (Phi) is 5.70. The fraction of sp³-hybridized carbons (Fsp3) is 0.400. The summed E-state index contributed by atoms with van der Waals surface area (Å²) in [6.45, 7) is 3.04. The third-order valence-electron chi connectivity index (χ3n) is 4.96. The van der Waals surface area contributed by atoms with Gasteiger partial charge in [0.2, 0.25) is 5.91 Å². The average molecular weight is 388 g/mol. The Hall–Kier alpha value is -2.54. The van der Waals surface area contributed by atoms with Crippen molar-refractivity contribution in [2.45, 2.75) is 25.3 Å². The minimum atomic E-state index is -0.747. The van der Waals surface area contributed by atoms with Crippen LogP contribution >= 0.6 is 11.3 Å². The first-order valence-electron chi connectivity index (χ1n) is 8.96. The van der Waals surface area contributed by atoms with Gasteiger partial charge in [0.05, 0.1) is 12.0 Å². The number of hydrogen-bond acceptors (Lipinski definition) is 5. The summed E-state index contributed by atoms with van der Waals surface area (Å²) in [5.41, 5.74) is 1.18. The number of hydrogen-bond donors (Lipinski definition) is 2. The fourth-order valence-corrected chi connectivity index (χ4v) is 4.28. The maximum absolute atomic E-state index is 12.7. The lowest BCUT2D eigenvalue weighted by Crippen LogP contribution is -2.58. The summed E-state index contributed by atoms with van der Waals surface area (Å²) < 4.78 is 5.27. The van der Waals surface area contributed by atoms with E-state index >= 15 is 0 Å². The first kappa shape index (κ1) is 19.2. The summed E-state index contributed by atoms with van der Waals surface area (Å²) in [7, 11) is 3.26. The molecule has 2 amide bonds. The maximum Gasteiger partial charge on any atom is 0.263 e. The monoisotopic (exact) mass is 387 g/mol. The van der Waals surface area contributed by atoms with Gasteiger partial charge in [-0.1, -0.05) is 6.07 Å². The number of nitrogens with zero attached hydrogens (tertiary/aromatic N) is 1. The number of piperidine rings is 1. The number of benzene rings is 1. The zero-order chi connectivity index (χ0) is 19.4. The molecular formula is C20H25N3O3S. The van der Waals surface area contributed by atoms with E-state index in [-0.39, 0.29) is 11.8 Å². The van der Waals surface area contributed by atoms with E-state index in [0.29, 0.717) is 25.9 Å². The van der Waals surface area contributed by atoms with Gasteiger partial charge in [-0.25, -0.2) is 0 Å². The minimum absolute atomic E-state index is 0.0417. The van der Waals surface area contributed by atoms with Gasteiger partial charge in [-0.15, -0.1) is 11.3 Å². The molecule has 1 fully saturated rings. The number of likely N-dealkylation sites (N-methyl/N-ethyl adjacent to an activating group) is 1. The smallest absolute Gasteiger partial charge is 0.263 e. The van der Waals surface area contributed by atoms with Crippen LogP contribution in [0.15, 0.2) is 35.7 Å². The van der Waals surface area contributed by atoms with Crippen LogP contribution in [0.1, 0.15) is 28.1 Å². The summed E-state index contributed by atoms with van der Waals surface area (Å²) in [6.07, 6.45) is 1.08. The fourth-order valence-electron chi connectivity index (χ4n) is 3.42. The molecule has 1 aliphatic rings. The minimum Gasteiger partial charge on any atom is -0.497 e. The van der Waals surface area contributed by atoms with Crippen LogP contribution in [-0.4, -0.2) is 49.5 Å². The van der Waals surface area contributed by atoms with Gasteiger partial charge in [0.1, 0.15) is 11.3 Å². The number of nitrogens with one attached hydrogen (secondary N) is 2. The first-order valence-corrected chi connectivity index (χ1v) is 9.84. The molecule has 2 aromatic rings. The number of ether oxygens (including phenoxy) is 1. The van der Waals surface area contributed by atoms with Gasteiger partial charge in [-0.2, -0.15) is 0 Å². The summed E-state index contributed by atoms with van der Waals surface area (Å²) >= 11 is 1.47. The van der Waals surface area contributed by atoms with Crippen molar-refractivity contribution in [1.29, 1.82) is 0 Å². The molecule has 0 atom stereocenters. The van der Waals surface area contributed by atoms with E-state index in [1.165, 1.54) is 11.3 Å². The van der Waals surface area contributed by atoms with Crippen molar-refractivity contribution < 1.29 is 14.3 Å². The summed E-state index contributed by atoms with van der Waals surface area (Å²) in [6, 6.07) is 9.45. The highest BCUT2D eigenvalue weighted by Gasteiger charge is 2.42. The Morgan fingerprint density at radius 2 is 1.96 bits per heavy atom. The van der Waals surface area contributed by atoms with Crippen LogP contribution in [0.25, 0.3) is 0 Å². The largest absolute Gasteiger partial charge is 0.497 e. The van der Waals surface area contributed by atoms with E-state index in [2.05, 4.69) is 10.6 Å². The molecule has 0 unspecified atom stereocenters. The quantitative estimate of drug-likeness (QED) is 0.828. The number of amides is 2. The number of carbonyl (C=O) groups is 2. The van der Waals surface area contributed by atoms with Crippen LogP contribution in [0.4, 0.5) is 5.69 Å². The van der Waals surface area contributed by atoms with Crippen molar-refractivity contribution in [3.05, 3.63) is 46.2 Å². The molecule has 1 aliphatic heterocycles. The van der Waals surface area contributed by atoms with Gasteiger partial charge in [0.15, 0.2) is 0 Å². The predicted octanol–water partition coefficient (Wildman–Crippen LogP) is 2.90. The van der Waals surface area contributed by atoms with Crippen LogP contribution in [0.5, 0.6) is 5.75 Å². The molecule has 1 aromatic heterocycles. The van der Waals surface area contributed by atoms with Crippen LogP contribution < -0.4 is 15.4 Å². The third-order valence-corrected chi connectivity index (χ3v) is 6.00. The predicted molar refractivity (Wildman–Crippen MR) is 108 cm³/mol. The van der Waals surface area contributed by atoms with Crippen LogP contribution in [-0.2, 0) is 4.79 Å². The number of aryl methyl sites for hydroxylation is 1. The Labute approximate surface area is 163 Å². The van der Waals surface area contributed by atoms with E-state index in [4.69, 9.17) is 4.74 Å². The number of rotatable bonds is 5.